The van der Waals surface area contributed by atoms with Crippen LogP contribution in [-0.4, -0.2) is 16.0 Å². The van der Waals surface area contributed by atoms with Crippen LogP contribution >= 0.6 is 7.52 Å². The molecule has 3 rings (SSSR count). The van der Waals surface area contributed by atoms with Gasteiger partial charge in [0.25, 0.3) is 7.52 Å². The average molecular weight is 397 g/mol. The Morgan fingerprint density at radius 2 is 1.64 bits per heavy atom. The van der Waals surface area contributed by atoms with Gasteiger partial charge in [0.1, 0.15) is 5.54 Å². The lowest BCUT2D eigenvalue weighted by molar-refractivity contribution is -0.145. The second-order valence-corrected chi connectivity index (χ2v) is 8.89. The highest BCUT2D eigenvalue weighted by molar-refractivity contribution is 7.55. The minimum Gasteiger partial charge on any atom is -0.480 e. The van der Waals surface area contributed by atoms with Gasteiger partial charge in [-0.3, -0.25) is 4.57 Å². The van der Waals surface area contributed by atoms with Crippen molar-refractivity contribution in [1.82, 2.24) is 5.09 Å². The predicted molar refractivity (Wildman–Crippen MR) is 111 cm³/mol. The number of benzene rings is 3. The van der Waals surface area contributed by atoms with Gasteiger partial charge < -0.3 is 10.00 Å². The van der Waals surface area contributed by atoms with Gasteiger partial charge in [0.05, 0.1) is 6.16 Å². The molecule has 0 amide bonds. The monoisotopic (exact) mass is 397 g/mol. The third kappa shape index (κ3) is 4.17. The van der Waals surface area contributed by atoms with Gasteiger partial charge in [0.15, 0.2) is 0 Å². The van der Waals surface area contributed by atoms with Crippen LogP contribution < -0.4 is 5.09 Å². The lowest BCUT2D eigenvalue weighted by Crippen LogP contribution is -2.48. The van der Waals surface area contributed by atoms with E-state index in [9.17, 15) is 19.4 Å². The minimum atomic E-state index is -3.99. The summed E-state index contributed by atoms with van der Waals surface area (Å²) in [6, 6.07) is 21.8. The number of rotatable bonds is 8. The van der Waals surface area contributed by atoms with Gasteiger partial charge in [-0.15, -0.1) is 0 Å². The van der Waals surface area contributed by atoms with Gasteiger partial charge in [0.2, 0.25) is 0 Å². The zero-order valence-corrected chi connectivity index (χ0v) is 16.6. The lowest BCUT2D eigenvalue weighted by Gasteiger charge is -2.34. The molecule has 6 heteroatoms. The van der Waals surface area contributed by atoms with Gasteiger partial charge in [0, 0.05) is 0 Å². The van der Waals surface area contributed by atoms with E-state index >= 15 is 0 Å². The Morgan fingerprint density at radius 1 is 1.00 bits per heavy atom. The predicted octanol–water partition coefficient (Wildman–Crippen LogP) is 4.90. The maximum absolute atomic E-state index is 13.1. The van der Waals surface area contributed by atoms with Crippen LogP contribution in [0.4, 0.5) is 0 Å². The molecule has 0 aliphatic carbocycles. The molecule has 0 heterocycles. The van der Waals surface area contributed by atoms with Gasteiger partial charge >= 0.3 is 5.97 Å². The molecular formula is C22H24NO4P. The highest BCUT2D eigenvalue weighted by atomic mass is 31.2. The molecule has 0 aromatic heterocycles. The number of fused-ring (bicyclic) bond motifs is 1. The maximum Gasteiger partial charge on any atom is 0.329 e. The number of carboxylic acids is 1. The van der Waals surface area contributed by atoms with Crippen LogP contribution in [-0.2, 0) is 21.1 Å². The molecule has 0 radical (unpaired) electrons. The average Bonchev–Trinajstić information content (AvgIpc) is 2.67. The summed E-state index contributed by atoms with van der Waals surface area (Å²) in [7, 11) is -3.99. The Balaban J connectivity index is 2.10. The van der Waals surface area contributed by atoms with E-state index in [4.69, 9.17) is 0 Å². The summed E-state index contributed by atoms with van der Waals surface area (Å²) in [5, 5.41) is 14.5. The maximum atomic E-state index is 13.1. The van der Waals surface area contributed by atoms with Crippen LogP contribution in [0.5, 0.6) is 0 Å². The molecule has 0 saturated heterocycles. The number of hydrogen-bond acceptors (Lipinski definition) is 2. The second-order valence-electron chi connectivity index (χ2n) is 6.94. The number of carbonyl (C=O) groups is 1. The molecule has 2 atom stereocenters. The summed E-state index contributed by atoms with van der Waals surface area (Å²) in [6.07, 6.45) is 0.584. The summed E-state index contributed by atoms with van der Waals surface area (Å²) in [6.45, 7) is 1.87. The van der Waals surface area contributed by atoms with Gasteiger partial charge in [-0.05, 0) is 28.3 Å². The van der Waals surface area contributed by atoms with Gasteiger partial charge in [-0.2, -0.15) is 0 Å². The van der Waals surface area contributed by atoms with E-state index in [0.717, 1.165) is 10.8 Å². The summed E-state index contributed by atoms with van der Waals surface area (Å²) in [5.74, 6) is -1.16. The number of nitrogens with one attached hydrogen (secondary N) is 1. The lowest BCUT2D eigenvalue weighted by atomic mass is 9.83. The van der Waals surface area contributed by atoms with E-state index < -0.39 is 19.0 Å². The highest BCUT2D eigenvalue weighted by Gasteiger charge is 2.45. The van der Waals surface area contributed by atoms with Crippen molar-refractivity contribution in [3.63, 3.8) is 0 Å². The third-order valence-electron chi connectivity index (χ3n) is 4.84. The molecule has 3 aromatic carbocycles. The van der Waals surface area contributed by atoms with Crippen LogP contribution in [0.1, 0.15) is 30.9 Å². The first-order valence-electron chi connectivity index (χ1n) is 9.25. The van der Waals surface area contributed by atoms with E-state index in [1.165, 1.54) is 0 Å². The molecule has 146 valence electrons. The summed E-state index contributed by atoms with van der Waals surface area (Å²) >= 11 is 0. The molecule has 0 bridgehead atoms. The number of carboxylic acid groups (broad SMARTS) is 1. The van der Waals surface area contributed by atoms with Gasteiger partial charge in [-0.1, -0.05) is 86.1 Å². The van der Waals surface area contributed by atoms with Crippen molar-refractivity contribution >= 4 is 24.3 Å². The Labute approximate surface area is 164 Å². The zero-order chi connectivity index (χ0) is 20.2. The molecule has 5 nitrogen and oxygen atoms in total. The fourth-order valence-corrected chi connectivity index (χ4v) is 5.37. The molecule has 0 aliphatic rings. The normalized spacial score (nSPS) is 15.6. The third-order valence-corrected chi connectivity index (χ3v) is 6.37. The molecule has 0 fully saturated rings. The fraction of sp³-hybridized carbons (Fsp3) is 0.227. The van der Waals surface area contributed by atoms with Crippen molar-refractivity contribution in [2.24, 2.45) is 0 Å². The molecule has 2 unspecified atom stereocenters. The first-order valence-corrected chi connectivity index (χ1v) is 11.1. The van der Waals surface area contributed by atoms with E-state index in [2.05, 4.69) is 5.09 Å². The topological polar surface area (TPSA) is 86.6 Å². The molecule has 0 saturated carbocycles. The molecule has 28 heavy (non-hydrogen) atoms. The minimum absolute atomic E-state index is 0.142. The van der Waals surface area contributed by atoms with Crippen molar-refractivity contribution in [2.45, 2.75) is 31.5 Å². The molecule has 0 aliphatic heterocycles. The quantitative estimate of drug-likeness (QED) is 0.471. The smallest absolute Gasteiger partial charge is 0.329 e. The Bertz CT molecular complexity index is 1020. The molecule has 3 aromatic rings. The number of hydrogen-bond donors (Lipinski definition) is 3. The zero-order valence-electron chi connectivity index (χ0n) is 15.7. The Morgan fingerprint density at radius 3 is 2.32 bits per heavy atom. The first-order chi connectivity index (χ1) is 13.4. The van der Waals surface area contributed by atoms with Crippen LogP contribution in [0, 0.1) is 0 Å². The largest absolute Gasteiger partial charge is 0.480 e. The van der Waals surface area contributed by atoms with Gasteiger partial charge in [-0.25, -0.2) is 9.88 Å². The summed E-state index contributed by atoms with van der Waals surface area (Å²) < 4.78 is 13.1. The van der Waals surface area contributed by atoms with E-state index in [0.29, 0.717) is 17.5 Å². The molecular weight excluding hydrogens is 373 g/mol. The summed E-state index contributed by atoms with van der Waals surface area (Å²) in [4.78, 5) is 23.2. The molecule has 0 spiro atoms. The van der Waals surface area contributed by atoms with Crippen molar-refractivity contribution in [3.05, 3.63) is 83.9 Å². The van der Waals surface area contributed by atoms with E-state index in [1.54, 1.807) is 36.4 Å². The Kier molecular flexibility index (Phi) is 5.99. The summed E-state index contributed by atoms with van der Waals surface area (Å²) in [5.41, 5.74) is -0.480. The van der Waals surface area contributed by atoms with Crippen molar-refractivity contribution < 1.29 is 19.4 Å². The van der Waals surface area contributed by atoms with Crippen LogP contribution in [0.25, 0.3) is 10.8 Å². The van der Waals surface area contributed by atoms with Crippen LogP contribution in [0.2, 0.25) is 0 Å². The number of aliphatic carboxylic acids is 1. The second kappa shape index (κ2) is 8.27. The SMILES string of the molecule is CCCC(NP(=O)(O)Cc1ccccc1)(C(=O)O)c1cccc2ccccc12. The fourth-order valence-electron chi connectivity index (χ4n) is 3.66. The Hall–Kier alpha value is -2.46. The van der Waals surface area contributed by atoms with Crippen molar-refractivity contribution in [1.29, 1.82) is 0 Å². The van der Waals surface area contributed by atoms with E-state index in [1.807, 2.05) is 43.3 Å². The van der Waals surface area contributed by atoms with E-state index in [-0.39, 0.29) is 12.6 Å². The van der Waals surface area contributed by atoms with Crippen LogP contribution in [0.15, 0.2) is 72.8 Å². The van der Waals surface area contributed by atoms with Crippen molar-refractivity contribution in [2.75, 3.05) is 0 Å². The first kappa shape index (κ1) is 20.3. The van der Waals surface area contributed by atoms with Crippen molar-refractivity contribution in [3.8, 4) is 0 Å². The van der Waals surface area contributed by atoms with Crippen LogP contribution in [0.3, 0.4) is 0 Å². The standard InChI is InChI=1S/C22H24NO4P/c1-2-15-22(21(24)25,20-14-8-12-18-11-6-7-13-19(18)20)23-28(26,27)16-17-9-4-3-5-10-17/h3-14H,2,15-16H2,1H3,(H,24,25)(H2,23,26,27). The molecule has 3 N–H and O–H groups in total. The highest BCUT2D eigenvalue weighted by Crippen LogP contribution is 2.47.